The van der Waals surface area contributed by atoms with Crippen LogP contribution >= 0.6 is 0 Å². The van der Waals surface area contributed by atoms with Gasteiger partial charge in [-0.05, 0) is 39.5 Å². The number of unbranched alkanes of at least 4 members (excludes halogenated alkanes) is 23. The van der Waals surface area contributed by atoms with E-state index in [-0.39, 0.29) is 6.42 Å². The first-order chi connectivity index (χ1) is 18.0. The molecule has 3 nitrogen and oxygen atoms in total. The summed E-state index contributed by atoms with van der Waals surface area (Å²) in [7, 11) is 2.32. The number of aliphatic carboxylic acids is 1. The summed E-state index contributed by atoms with van der Waals surface area (Å²) < 4.78 is 0. The van der Waals surface area contributed by atoms with Crippen molar-refractivity contribution in [3.05, 3.63) is 0 Å². The van der Waals surface area contributed by atoms with E-state index >= 15 is 0 Å². The van der Waals surface area contributed by atoms with Crippen LogP contribution in [0.1, 0.15) is 195 Å². The Bertz CT molecular complexity index is 424. The smallest absolute Gasteiger partial charge is 0.0815 e. The standard InChI is InChI=1S/C18H36O2.C16H35N/c1-2-3-4-5-6-7-8-9-10-11-12-13-14-15-16-17-18(19)20;1-5-6-7-8-9-10-11-12-13-14-15-17(4)16(2)3/h2-17H2,1H3,(H,19,20);16H,5-15H2,1-4H3. The second-order valence-corrected chi connectivity index (χ2v) is 12.0. The molecule has 0 aliphatic heterocycles. The Kier molecular flexibility index (Phi) is 34.9. The second-order valence-electron chi connectivity index (χ2n) is 12.0. The van der Waals surface area contributed by atoms with Crippen molar-refractivity contribution >= 4 is 5.97 Å². The quantitative estimate of drug-likeness (QED) is 0.104. The zero-order chi connectivity index (χ0) is 27.8. The Morgan fingerprint density at radius 2 is 0.784 bits per heavy atom. The van der Waals surface area contributed by atoms with Gasteiger partial charge in [-0.25, -0.2) is 0 Å². The van der Waals surface area contributed by atoms with Gasteiger partial charge in [0.15, 0.2) is 0 Å². The van der Waals surface area contributed by atoms with Crippen LogP contribution in [0, 0.1) is 0 Å². The van der Waals surface area contributed by atoms with Gasteiger partial charge in [-0.1, -0.05) is 155 Å². The summed E-state index contributed by atoms with van der Waals surface area (Å²) in [6.07, 6.45) is 34.3. The molecular weight excluding hydrogens is 454 g/mol. The molecule has 0 aliphatic rings. The van der Waals surface area contributed by atoms with Crippen molar-refractivity contribution in [3.8, 4) is 0 Å². The lowest BCUT2D eigenvalue weighted by Gasteiger charge is -2.17. The minimum atomic E-state index is -0.903. The highest BCUT2D eigenvalue weighted by molar-refractivity contribution is 5.64. The number of quaternary nitrogens is 1. The number of hydrogen-bond donors (Lipinski definition) is 1. The van der Waals surface area contributed by atoms with Crippen LogP contribution in [0.3, 0.4) is 0 Å². The van der Waals surface area contributed by atoms with E-state index < -0.39 is 5.97 Å². The zero-order valence-corrected chi connectivity index (χ0v) is 26.5. The number of carbonyl (C=O) groups is 1. The van der Waals surface area contributed by atoms with Crippen LogP contribution in [-0.2, 0) is 4.79 Å². The summed E-state index contributed by atoms with van der Waals surface area (Å²) >= 11 is 0. The van der Waals surface area contributed by atoms with E-state index in [4.69, 9.17) is 0 Å². The fraction of sp³-hybridized carbons (Fsp3) is 0.971. The normalized spacial score (nSPS) is 11.9. The molecule has 0 amide bonds. The molecule has 0 bridgehead atoms. The molecule has 0 heterocycles. The third-order valence-corrected chi connectivity index (χ3v) is 7.89. The van der Waals surface area contributed by atoms with E-state index in [0.29, 0.717) is 0 Å². The molecule has 0 aromatic heterocycles. The van der Waals surface area contributed by atoms with Crippen molar-refractivity contribution in [1.82, 2.24) is 0 Å². The van der Waals surface area contributed by atoms with Gasteiger partial charge < -0.3 is 14.8 Å². The lowest BCUT2D eigenvalue weighted by molar-refractivity contribution is -0.902. The van der Waals surface area contributed by atoms with E-state index in [1.807, 2.05) is 0 Å². The molecule has 0 aromatic rings. The van der Waals surface area contributed by atoms with Crippen molar-refractivity contribution in [2.24, 2.45) is 0 Å². The predicted molar refractivity (Wildman–Crippen MR) is 163 cm³/mol. The molecule has 0 saturated carbocycles. The highest BCUT2D eigenvalue weighted by Crippen LogP contribution is 2.13. The first kappa shape index (κ1) is 38.6. The zero-order valence-electron chi connectivity index (χ0n) is 26.5. The van der Waals surface area contributed by atoms with Crippen LogP contribution in [0.4, 0.5) is 0 Å². The first-order valence-corrected chi connectivity index (χ1v) is 17.0. The number of carboxylic acids is 1. The Morgan fingerprint density at radius 3 is 1.05 bits per heavy atom. The Labute approximate surface area is 235 Å². The molecule has 1 N–H and O–H groups in total. The Hall–Kier alpha value is -0.570. The maximum absolute atomic E-state index is 10.2. The molecule has 3 heteroatoms. The minimum absolute atomic E-state index is 0.234. The second kappa shape index (κ2) is 33.5. The number of hydrogen-bond acceptors (Lipinski definition) is 2. The molecule has 1 atom stereocenters. The van der Waals surface area contributed by atoms with Crippen LogP contribution in [0.2, 0.25) is 0 Å². The first-order valence-electron chi connectivity index (χ1n) is 17.0. The van der Waals surface area contributed by atoms with Crippen molar-refractivity contribution in [3.63, 3.8) is 0 Å². The van der Waals surface area contributed by atoms with Crippen LogP contribution in [-0.4, -0.2) is 25.6 Å². The number of carbonyl (C=O) groups excluding carboxylic acids is 1. The van der Waals surface area contributed by atoms with Crippen molar-refractivity contribution < 1.29 is 14.8 Å². The molecule has 0 spiro atoms. The molecule has 0 fully saturated rings. The molecule has 0 aliphatic carbocycles. The van der Waals surface area contributed by atoms with E-state index in [1.165, 1.54) is 154 Å². The monoisotopic (exact) mass is 526 g/mol. The average Bonchev–Trinajstić information content (AvgIpc) is 2.87. The Balaban J connectivity index is 0. The van der Waals surface area contributed by atoms with Gasteiger partial charge in [-0.2, -0.15) is 0 Å². The van der Waals surface area contributed by atoms with Gasteiger partial charge >= 0.3 is 0 Å². The van der Waals surface area contributed by atoms with Gasteiger partial charge in [0.1, 0.15) is 0 Å². The molecule has 0 aromatic carbocycles. The Morgan fingerprint density at radius 1 is 0.514 bits per heavy atom. The number of nitrogens with one attached hydrogen (secondary N) is 1. The van der Waals surface area contributed by atoms with Gasteiger partial charge in [0.2, 0.25) is 0 Å². The lowest BCUT2D eigenvalue weighted by atomic mass is 10.0. The van der Waals surface area contributed by atoms with Gasteiger partial charge in [0, 0.05) is 5.97 Å². The van der Waals surface area contributed by atoms with Crippen LogP contribution in [0.5, 0.6) is 0 Å². The van der Waals surface area contributed by atoms with Crippen LogP contribution in [0.25, 0.3) is 0 Å². The fourth-order valence-corrected chi connectivity index (χ4v) is 4.82. The van der Waals surface area contributed by atoms with E-state index in [2.05, 4.69) is 34.7 Å². The lowest BCUT2D eigenvalue weighted by Crippen LogP contribution is -3.12. The molecule has 0 saturated heterocycles. The molecule has 37 heavy (non-hydrogen) atoms. The summed E-state index contributed by atoms with van der Waals surface area (Å²) in [4.78, 5) is 11.9. The highest BCUT2D eigenvalue weighted by atomic mass is 16.4. The van der Waals surface area contributed by atoms with Crippen LogP contribution in [0.15, 0.2) is 0 Å². The molecule has 0 radical (unpaired) electrons. The van der Waals surface area contributed by atoms with E-state index in [9.17, 15) is 9.90 Å². The SMILES string of the molecule is CCCCCCCCCCCCCCCCCC(=O)[O-].CCCCCCCCCCCC[NH+](C)C(C)C. The topological polar surface area (TPSA) is 44.6 Å². The van der Waals surface area contributed by atoms with Gasteiger partial charge in [0.25, 0.3) is 0 Å². The van der Waals surface area contributed by atoms with Gasteiger partial charge in [-0.3, -0.25) is 0 Å². The average molecular weight is 526 g/mol. The molecule has 0 rings (SSSR count). The third kappa shape index (κ3) is 37.6. The van der Waals surface area contributed by atoms with Crippen LogP contribution < -0.4 is 10.0 Å². The third-order valence-electron chi connectivity index (χ3n) is 7.89. The van der Waals surface area contributed by atoms with Gasteiger partial charge in [-0.15, -0.1) is 0 Å². The van der Waals surface area contributed by atoms with Crippen molar-refractivity contribution in [1.29, 1.82) is 0 Å². The maximum Gasteiger partial charge on any atom is 0.0815 e. The van der Waals surface area contributed by atoms with Crippen molar-refractivity contribution in [2.45, 2.75) is 201 Å². The number of rotatable bonds is 28. The minimum Gasteiger partial charge on any atom is -0.550 e. The highest BCUT2D eigenvalue weighted by Gasteiger charge is 2.05. The summed E-state index contributed by atoms with van der Waals surface area (Å²) in [5, 5.41) is 10.2. The number of carboxylic acid groups (broad SMARTS) is 1. The maximum atomic E-state index is 10.2. The van der Waals surface area contributed by atoms with Crippen molar-refractivity contribution in [2.75, 3.05) is 13.6 Å². The summed E-state index contributed by atoms with van der Waals surface area (Å²) in [6, 6.07) is 0.786. The largest absolute Gasteiger partial charge is 0.550 e. The van der Waals surface area contributed by atoms with E-state index in [1.54, 1.807) is 4.90 Å². The summed E-state index contributed by atoms with van der Waals surface area (Å²) in [6.45, 7) is 10.5. The van der Waals surface area contributed by atoms with Gasteiger partial charge in [0.05, 0.1) is 19.6 Å². The van der Waals surface area contributed by atoms with E-state index in [0.717, 1.165) is 18.9 Å². The molecule has 1 unspecified atom stereocenters. The summed E-state index contributed by atoms with van der Waals surface area (Å²) in [5.41, 5.74) is 0. The molecule has 224 valence electrons. The predicted octanol–water partition coefficient (Wildman–Crippen LogP) is 8.83. The molecular formula is C34H71NO2. The summed E-state index contributed by atoms with van der Waals surface area (Å²) in [5.74, 6) is -0.903. The fourth-order valence-electron chi connectivity index (χ4n) is 4.82.